The van der Waals surface area contributed by atoms with Crippen LogP contribution in [0.3, 0.4) is 0 Å². The summed E-state index contributed by atoms with van der Waals surface area (Å²) in [5, 5.41) is 27.5. The van der Waals surface area contributed by atoms with Crippen molar-refractivity contribution in [1.82, 2.24) is 0 Å². The van der Waals surface area contributed by atoms with E-state index >= 15 is 0 Å². The van der Waals surface area contributed by atoms with Gasteiger partial charge in [-0.3, -0.25) is 10.1 Å². The predicted octanol–water partition coefficient (Wildman–Crippen LogP) is 1.73. The van der Waals surface area contributed by atoms with Crippen molar-refractivity contribution < 1.29 is 19.7 Å². The Bertz CT molecular complexity index is 594. The van der Waals surface area contributed by atoms with Crippen molar-refractivity contribution in [3.8, 4) is 5.75 Å². The number of methoxy groups -OCH3 is 1. The lowest BCUT2D eigenvalue weighted by molar-refractivity contribution is -0.384. The molecule has 0 atom stereocenters. The van der Waals surface area contributed by atoms with E-state index in [2.05, 4.69) is 15.9 Å². The molecule has 0 spiro atoms. The molecule has 0 aromatic heterocycles. The fourth-order valence-electron chi connectivity index (χ4n) is 1.39. The molecule has 0 bridgehead atoms. The van der Waals surface area contributed by atoms with Crippen molar-refractivity contribution in [3.63, 3.8) is 0 Å². The minimum Gasteiger partial charge on any atom is -0.495 e. The van der Waals surface area contributed by atoms with Crippen molar-refractivity contribution in [2.45, 2.75) is 0 Å². The smallest absolute Gasteiger partial charge is 0.488 e. The van der Waals surface area contributed by atoms with Gasteiger partial charge in [-0.25, -0.2) is 0 Å². The summed E-state index contributed by atoms with van der Waals surface area (Å²) in [6.45, 7) is 0. The Hall–Kier alpha value is -1.90. The summed E-state index contributed by atoms with van der Waals surface area (Å²) >= 11 is 3.19. The molecule has 6 nitrogen and oxygen atoms in total. The number of halogens is 1. The Labute approximate surface area is 130 Å². The molecule has 21 heavy (non-hydrogen) atoms. The first-order chi connectivity index (χ1) is 9.95. The van der Waals surface area contributed by atoms with Crippen LogP contribution in [-0.2, 0) is 0 Å². The van der Waals surface area contributed by atoms with E-state index in [-0.39, 0.29) is 5.69 Å². The lowest BCUT2D eigenvalue weighted by Gasteiger charge is -2.00. The van der Waals surface area contributed by atoms with Crippen LogP contribution in [0.1, 0.15) is 0 Å². The van der Waals surface area contributed by atoms with Gasteiger partial charge in [-0.05, 0) is 27.5 Å². The van der Waals surface area contributed by atoms with Crippen molar-refractivity contribution in [3.05, 3.63) is 63.1 Å². The minimum atomic E-state index is -1.34. The number of rotatable bonds is 3. The van der Waals surface area contributed by atoms with Gasteiger partial charge >= 0.3 is 7.12 Å². The average Bonchev–Trinajstić information content (AvgIpc) is 2.49. The fourth-order valence-corrected chi connectivity index (χ4v) is 1.80. The summed E-state index contributed by atoms with van der Waals surface area (Å²) in [4.78, 5) is 9.85. The molecule has 2 N–H and O–H groups in total. The van der Waals surface area contributed by atoms with Gasteiger partial charge in [-0.2, -0.15) is 0 Å². The molecular weight excluding hydrogens is 341 g/mol. The molecule has 110 valence electrons. The van der Waals surface area contributed by atoms with Gasteiger partial charge in [0, 0.05) is 6.07 Å². The molecule has 2 aromatic rings. The number of nitrogens with zero attached hydrogens (tertiary/aromatic N) is 1. The van der Waals surface area contributed by atoms with E-state index in [1.165, 1.54) is 19.2 Å². The van der Waals surface area contributed by atoms with Gasteiger partial charge in [0.25, 0.3) is 5.69 Å². The van der Waals surface area contributed by atoms with E-state index in [0.717, 1.165) is 0 Å². The van der Waals surface area contributed by atoms with Crippen molar-refractivity contribution in [2.24, 2.45) is 0 Å². The SMILES string of the molecule is COc1cc([N+](=O)[O-])ccc1Br.OB(O)c1ccccc1. The molecule has 0 saturated heterocycles. The van der Waals surface area contributed by atoms with Gasteiger partial charge in [0.15, 0.2) is 0 Å². The first-order valence-electron chi connectivity index (χ1n) is 5.84. The van der Waals surface area contributed by atoms with Crippen molar-refractivity contribution in [2.75, 3.05) is 7.11 Å². The van der Waals surface area contributed by atoms with Crippen LogP contribution < -0.4 is 10.2 Å². The second-order valence-electron chi connectivity index (χ2n) is 3.86. The maximum atomic E-state index is 10.3. The maximum absolute atomic E-state index is 10.3. The fraction of sp³-hybridized carbons (Fsp3) is 0.0769. The van der Waals surface area contributed by atoms with E-state index in [1.807, 2.05) is 6.07 Å². The summed E-state index contributed by atoms with van der Waals surface area (Å²) < 4.78 is 5.59. The molecule has 0 amide bonds. The third-order valence-corrected chi connectivity index (χ3v) is 3.10. The zero-order valence-corrected chi connectivity index (χ0v) is 12.7. The molecule has 0 saturated carbocycles. The van der Waals surface area contributed by atoms with Crippen LogP contribution in [0.2, 0.25) is 0 Å². The summed E-state index contributed by atoms with van der Waals surface area (Å²) in [6.07, 6.45) is 0. The van der Waals surface area contributed by atoms with Gasteiger partial charge in [-0.1, -0.05) is 30.3 Å². The number of hydrogen-bond donors (Lipinski definition) is 2. The van der Waals surface area contributed by atoms with Crippen LogP contribution in [0.25, 0.3) is 0 Å². The number of non-ortho nitro benzene ring substituents is 1. The van der Waals surface area contributed by atoms with Gasteiger partial charge in [0.2, 0.25) is 0 Å². The zero-order valence-electron chi connectivity index (χ0n) is 11.1. The highest BCUT2D eigenvalue weighted by Crippen LogP contribution is 2.28. The summed E-state index contributed by atoms with van der Waals surface area (Å²) in [6, 6.07) is 13.0. The average molecular weight is 354 g/mol. The van der Waals surface area contributed by atoms with Gasteiger partial charge in [-0.15, -0.1) is 0 Å². The van der Waals surface area contributed by atoms with E-state index in [9.17, 15) is 10.1 Å². The molecule has 0 radical (unpaired) electrons. The Kier molecular flexibility index (Phi) is 6.87. The third-order valence-electron chi connectivity index (χ3n) is 2.44. The first kappa shape index (κ1) is 17.2. The molecule has 0 unspecified atom stereocenters. The van der Waals surface area contributed by atoms with E-state index in [4.69, 9.17) is 14.8 Å². The quantitative estimate of drug-likeness (QED) is 0.498. The van der Waals surface area contributed by atoms with Gasteiger partial charge in [0.1, 0.15) is 5.75 Å². The predicted molar refractivity (Wildman–Crippen MR) is 83.6 cm³/mol. The number of nitro groups is 1. The molecule has 0 heterocycles. The summed E-state index contributed by atoms with van der Waals surface area (Å²) in [5.41, 5.74) is 0.549. The van der Waals surface area contributed by atoms with E-state index < -0.39 is 12.0 Å². The second kappa shape index (κ2) is 8.40. The Morgan fingerprint density at radius 2 is 1.81 bits per heavy atom. The second-order valence-corrected chi connectivity index (χ2v) is 4.71. The van der Waals surface area contributed by atoms with Crippen LogP contribution in [0.15, 0.2) is 53.0 Å². The first-order valence-corrected chi connectivity index (χ1v) is 6.64. The maximum Gasteiger partial charge on any atom is 0.488 e. The molecule has 0 aliphatic carbocycles. The molecular formula is C13H13BBrNO5. The van der Waals surface area contributed by atoms with Crippen LogP contribution >= 0.6 is 15.9 Å². The van der Waals surface area contributed by atoms with Crippen molar-refractivity contribution in [1.29, 1.82) is 0 Å². The summed E-state index contributed by atoms with van der Waals surface area (Å²) in [7, 11) is 0.121. The largest absolute Gasteiger partial charge is 0.495 e. The minimum absolute atomic E-state index is 0.0232. The summed E-state index contributed by atoms with van der Waals surface area (Å²) in [5.74, 6) is 0.462. The Morgan fingerprint density at radius 1 is 1.19 bits per heavy atom. The zero-order chi connectivity index (χ0) is 15.8. The standard InChI is InChI=1S/C7H6BrNO3.C6H7BO2/c1-12-7-4-5(9(10)11)2-3-6(7)8;8-7(9)6-4-2-1-3-5-6/h2-4H,1H3;1-5,8-9H. The highest BCUT2D eigenvalue weighted by molar-refractivity contribution is 9.10. The molecule has 0 aliphatic heterocycles. The van der Waals surface area contributed by atoms with Crippen molar-refractivity contribution >= 4 is 34.2 Å². The Morgan fingerprint density at radius 3 is 2.24 bits per heavy atom. The van der Waals surface area contributed by atoms with Crippen LogP contribution in [-0.4, -0.2) is 29.2 Å². The van der Waals surface area contributed by atoms with Gasteiger partial charge in [0.05, 0.1) is 22.6 Å². The molecule has 2 rings (SSSR count). The molecule has 8 heteroatoms. The lowest BCUT2D eigenvalue weighted by atomic mass is 9.81. The number of nitro benzene ring substituents is 1. The van der Waals surface area contributed by atoms with E-state index in [0.29, 0.717) is 15.7 Å². The number of ether oxygens (including phenoxy) is 1. The Balaban J connectivity index is 0.000000219. The topological polar surface area (TPSA) is 92.8 Å². The highest BCUT2D eigenvalue weighted by atomic mass is 79.9. The molecule has 2 aromatic carbocycles. The normalized spacial score (nSPS) is 9.33. The third kappa shape index (κ3) is 5.54. The molecule has 0 fully saturated rings. The number of hydrogen-bond acceptors (Lipinski definition) is 5. The van der Waals surface area contributed by atoms with E-state index in [1.54, 1.807) is 30.3 Å². The monoisotopic (exact) mass is 353 g/mol. The van der Waals surface area contributed by atoms with Gasteiger partial charge < -0.3 is 14.8 Å². The van der Waals surface area contributed by atoms with Crippen LogP contribution in [0.5, 0.6) is 5.75 Å². The number of benzene rings is 2. The lowest BCUT2D eigenvalue weighted by Crippen LogP contribution is -2.29. The highest BCUT2D eigenvalue weighted by Gasteiger charge is 2.09. The van der Waals surface area contributed by atoms with Crippen LogP contribution in [0, 0.1) is 10.1 Å². The molecule has 0 aliphatic rings. The van der Waals surface area contributed by atoms with Crippen LogP contribution in [0.4, 0.5) is 5.69 Å².